The van der Waals surface area contributed by atoms with Gasteiger partial charge in [-0.1, -0.05) is 91.4 Å². The van der Waals surface area contributed by atoms with Crippen molar-refractivity contribution in [1.82, 2.24) is 4.90 Å². The third kappa shape index (κ3) is 8.24. The number of allylic oxidation sites excluding steroid dienone is 2. The summed E-state index contributed by atoms with van der Waals surface area (Å²) >= 11 is 0. The number of ketones is 1. The minimum atomic E-state index is -1.32. The molecular formula is C48H51NO6. The first-order valence-electron chi connectivity index (χ1n) is 19.4. The van der Waals surface area contributed by atoms with Crippen LogP contribution in [0.4, 0.5) is 4.79 Å². The molecule has 7 nitrogen and oxygen atoms in total. The molecule has 1 saturated carbocycles. The van der Waals surface area contributed by atoms with Crippen LogP contribution in [-0.4, -0.2) is 52.3 Å². The molecule has 0 aliphatic heterocycles. The first-order chi connectivity index (χ1) is 26.5. The molecule has 2 N–H and O–H groups in total. The number of nitrogens with zero attached hydrogens (tertiary/aromatic N) is 1. The molecule has 284 valence electrons. The monoisotopic (exact) mass is 737 g/mol. The first-order valence-corrected chi connectivity index (χ1v) is 19.4. The molecular weight excluding hydrogens is 687 g/mol. The van der Waals surface area contributed by atoms with Gasteiger partial charge in [-0.05, 0) is 128 Å². The second kappa shape index (κ2) is 16.2. The van der Waals surface area contributed by atoms with E-state index in [1.807, 2.05) is 84.9 Å². The zero-order chi connectivity index (χ0) is 38.6. The topological polar surface area (TPSA) is 96.3 Å². The van der Waals surface area contributed by atoms with Gasteiger partial charge < -0.3 is 24.6 Å². The predicted molar refractivity (Wildman–Crippen MR) is 217 cm³/mol. The minimum absolute atomic E-state index is 0.0516. The number of methoxy groups -OCH3 is 1. The molecule has 3 aliphatic carbocycles. The summed E-state index contributed by atoms with van der Waals surface area (Å²) in [7, 11) is 1.60. The van der Waals surface area contributed by atoms with Crippen LogP contribution in [-0.2, 0) is 13.0 Å². The van der Waals surface area contributed by atoms with E-state index in [9.17, 15) is 19.8 Å². The second-order valence-electron chi connectivity index (χ2n) is 15.7. The molecule has 2 bridgehead atoms. The van der Waals surface area contributed by atoms with Gasteiger partial charge in [-0.3, -0.25) is 4.79 Å². The van der Waals surface area contributed by atoms with Crippen LogP contribution in [0.5, 0.6) is 11.5 Å². The van der Waals surface area contributed by atoms with E-state index in [0.717, 1.165) is 33.9 Å². The van der Waals surface area contributed by atoms with Crippen LogP contribution in [0.25, 0.3) is 10.8 Å². The van der Waals surface area contributed by atoms with E-state index in [1.54, 1.807) is 42.3 Å². The predicted octanol–water partition coefficient (Wildman–Crippen LogP) is 9.82. The van der Waals surface area contributed by atoms with Crippen molar-refractivity contribution < 1.29 is 29.3 Å². The van der Waals surface area contributed by atoms with Gasteiger partial charge in [-0.2, -0.15) is 0 Å². The molecule has 1 amide bonds. The van der Waals surface area contributed by atoms with Crippen LogP contribution >= 0.6 is 0 Å². The Hall–Kier alpha value is -5.24. The lowest BCUT2D eigenvalue weighted by Crippen LogP contribution is -2.54. The molecule has 0 aromatic heterocycles. The Balaban J connectivity index is 1.27. The van der Waals surface area contributed by atoms with E-state index in [0.29, 0.717) is 61.2 Å². The summed E-state index contributed by atoms with van der Waals surface area (Å²) in [5, 5.41) is 26.1. The molecule has 55 heavy (non-hydrogen) atoms. The van der Waals surface area contributed by atoms with E-state index >= 15 is 0 Å². The van der Waals surface area contributed by atoms with Gasteiger partial charge in [-0.15, -0.1) is 0 Å². The maximum Gasteiger partial charge on any atom is 0.415 e. The van der Waals surface area contributed by atoms with Crippen LogP contribution in [0, 0.1) is 5.41 Å². The number of amides is 1. The lowest BCUT2D eigenvalue weighted by molar-refractivity contribution is -0.0802. The van der Waals surface area contributed by atoms with Gasteiger partial charge in [0.05, 0.1) is 25.4 Å². The number of hydrogen-bond acceptors (Lipinski definition) is 6. The van der Waals surface area contributed by atoms with Crippen LogP contribution in [0.3, 0.4) is 0 Å². The molecule has 0 spiro atoms. The number of fused-ring (bicyclic) bond motifs is 9. The van der Waals surface area contributed by atoms with Crippen molar-refractivity contribution in [1.29, 1.82) is 0 Å². The highest BCUT2D eigenvalue weighted by Crippen LogP contribution is 2.59. The lowest BCUT2D eigenvalue weighted by atomic mass is 9.64. The van der Waals surface area contributed by atoms with Gasteiger partial charge >= 0.3 is 6.09 Å². The molecule has 5 aromatic rings. The summed E-state index contributed by atoms with van der Waals surface area (Å²) in [5.74, 6) is 0.800. The van der Waals surface area contributed by atoms with Crippen molar-refractivity contribution in [3.63, 3.8) is 0 Å². The summed E-state index contributed by atoms with van der Waals surface area (Å²) < 4.78 is 11.4. The summed E-state index contributed by atoms with van der Waals surface area (Å²) in [6.45, 7) is 4.54. The Morgan fingerprint density at radius 1 is 0.836 bits per heavy atom. The zero-order valence-electron chi connectivity index (χ0n) is 32.0. The Bertz CT molecular complexity index is 2180. The fraction of sp³-hybridized carbons (Fsp3) is 0.333. The molecule has 4 unspecified atom stereocenters. The van der Waals surface area contributed by atoms with E-state index < -0.39 is 23.2 Å². The Labute approximate surface area is 324 Å². The van der Waals surface area contributed by atoms with Crippen molar-refractivity contribution in [2.24, 2.45) is 5.41 Å². The summed E-state index contributed by atoms with van der Waals surface area (Å²) in [6, 6.07) is 36.5. The summed E-state index contributed by atoms with van der Waals surface area (Å²) in [4.78, 5) is 30.3. The largest absolute Gasteiger partial charge is 0.497 e. The van der Waals surface area contributed by atoms with E-state index in [4.69, 9.17) is 9.47 Å². The number of aliphatic hydroxyl groups excluding tert-OH is 1. The smallest absolute Gasteiger partial charge is 0.415 e. The van der Waals surface area contributed by atoms with Gasteiger partial charge in [0.25, 0.3) is 0 Å². The minimum Gasteiger partial charge on any atom is -0.497 e. The van der Waals surface area contributed by atoms with Gasteiger partial charge in [0, 0.05) is 23.1 Å². The molecule has 8 rings (SSSR count). The van der Waals surface area contributed by atoms with E-state index in [2.05, 4.69) is 19.9 Å². The number of ether oxygens (including phenoxy) is 2. The highest BCUT2D eigenvalue weighted by Gasteiger charge is 2.57. The molecule has 0 saturated heterocycles. The van der Waals surface area contributed by atoms with Crippen LogP contribution in [0.15, 0.2) is 127 Å². The molecule has 3 aliphatic rings. The molecule has 0 heterocycles. The van der Waals surface area contributed by atoms with Crippen molar-refractivity contribution in [2.75, 3.05) is 13.7 Å². The maximum absolute atomic E-state index is 14.5. The molecule has 5 aromatic carbocycles. The Kier molecular flexibility index (Phi) is 11.2. The van der Waals surface area contributed by atoms with Crippen LogP contribution < -0.4 is 9.47 Å². The molecule has 7 heteroatoms. The Morgan fingerprint density at radius 2 is 1.56 bits per heavy atom. The van der Waals surface area contributed by atoms with Crippen molar-refractivity contribution in [3.8, 4) is 11.5 Å². The van der Waals surface area contributed by atoms with Crippen molar-refractivity contribution in [3.05, 3.63) is 155 Å². The fourth-order valence-corrected chi connectivity index (χ4v) is 8.80. The van der Waals surface area contributed by atoms with Crippen molar-refractivity contribution in [2.45, 2.75) is 83.0 Å². The maximum atomic E-state index is 14.5. The third-order valence-electron chi connectivity index (χ3n) is 12.1. The normalized spacial score (nSPS) is 22.7. The standard InChI is InChI=1S/C48H51NO6/c1-33-10-9-26-47(2)44(42-24-16-35(28-39(50)20-15-33)29-43(42)45(51)37-18-21-40(54-3)22-19-37)25-27-48(47,53)32-49(31-34-11-5-4-6-12-34)46(52)55-41-23-17-36-13-7-8-14-38(36)30-41/h4-8,10-14,16-19,21-24,29-30,39,44,50,53H,9,15,20,25-28,31-32H2,1-3H3. The molecule has 4 atom stereocenters. The SMILES string of the molecule is COc1ccc(C(=O)c2cc3ccc2C2CCC(O)(CN(Cc4ccccc4)C(=O)Oc4ccc5ccccc5c4)C2(C)CCC=C(C)CCC(O)C3)cc1. The highest BCUT2D eigenvalue weighted by molar-refractivity contribution is 6.10. The number of rotatable bonds is 8. The van der Waals surface area contributed by atoms with E-state index in [-0.39, 0.29) is 24.8 Å². The van der Waals surface area contributed by atoms with E-state index in [1.165, 1.54) is 5.57 Å². The summed E-state index contributed by atoms with van der Waals surface area (Å²) in [5.41, 5.74) is 2.97. The van der Waals surface area contributed by atoms with Gasteiger partial charge in [-0.25, -0.2) is 4.79 Å². The number of benzene rings is 5. The molecule has 1 fully saturated rings. The number of aliphatic hydroxyl groups is 2. The number of carbonyl (C=O) groups excluding carboxylic acids is 2. The van der Waals surface area contributed by atoms with Gasteiger partial charge in [0.2, 0.25) is 0 Å². The van der Waals surface area contributed by atoms with Crippen LogP contribution in [0.1, 0.15) is 90.9 Å². The Morgan fingerprint density at radius 3 is 2.33 bits per heavy atom. The molecule has 0 radical (unpaired) electrons. The average Bonchev–Trinajstić information content (AvgIpc) is 3.45. The highest BCUT2D eigenvalue weighted by atomic mass is 16.6. The zero-order valence-corrected chi connectivity index (χ0v) is 32.0. The quantitative estimate of drug-likeness (QED) is 0.122. The van der Waals surface area contributed by atoms with Crippen LogP contribution in [0.2, 0.25) is 0 Å². The second-order valence-corrected chi connectivity index (χ2v) is 15.7. The van der Waals surface area contributed by atoms with Gasteiger partial charge in [0.15, 0.2) is 5.78 Å². The number of hydrogen-bond donors (Lipinski definition) is 2. The third-order valence-corrected chi connectivity index (χ3v) is 12.1. The summed E-state index contributed by atoms with van der Waals surface area (Å²) in [6.07, 6.45) is 5.36. The lowest BCUT2D eigenvalue weighted by Gasteiger charge is -2.46. The first kappa shape index (κ1) is 38.1. The fourth-order valence-electron chi connectivity index (χ4n) is 8.80. The average molecular weight is 738 g/mol. The van der Waals surface area contributed by atoms with Crippen molar-refractivity contribution >= 4 is 22.6 Å². The number of carbonyl (C=O) groups is 2. The van der Waals surface area contributed by atoms with Gasteiger partial charge in [0.1, 0.15) is 11.5 Å².